The second-order valence-corrected chi connectivity index (χ2v) is 9.12. The average molecular weight is 445 g/mol. The highest BCUT2D eigenvalue weighted by molar-refractivity contribution is 5.88. The second-order valence-electron chi connectivity index (χ2n) is 9.12. The van der Waals surface area contributed by atoms with Crippen molar-refractivity contribution in [3.8, 4) is 0 Å². The van der Waals surface area contributed by atoms with Crippen LogP contribution in [-0.2, 0) is 14.3 Å². The van der Waals surface area contributed by atoms with Gasteiger partial charge in [-0.2, -0.15) is 0 Å². The fourth-order valence-electron chi connectivity index (χ4n) is 3.95. The molecule has 4 atom stereocenters. The first-order valence-electron chi connectivity index (χ1n) is 11.9. The van der Waals surface area contributed by atoms with Crippen LogP contribution in [0.1, 0.15) is 74.1 Å². The summed E-state index contributed by atoms with van der Waals surface area (Å²) in [4.78, 5) is 12.7. The first kappa shape index (κ1) is 28.1. The minimum Gasteiger partial charge on any atom is -0.458 e. The number of methoxy groups -OCH3 is 1. The molecule has 0 radical (unpaired) electrons. The highest BCUT2D eigenvalue weighted by Gasteiger charge is 2.22. The molecule has 1 heterocycles. The SMILES string of the molecule is CC/C1=C\C=C\C[C@H](O)/C(C)=C/[C@H](CC)[C@@H](OC)/C(C)=C/C(C)=C/C[C@@H](C(C)C)OC1=O. The van der Waals surface area contributed by atoms with Crippen molar-refractivity contribution in [1.82, 2.24) is 0 Å². The third-order valence-electron chi connectivity index (χ3n) is 6.13. The molecule has 0 aromatic heterocycles. The molecule has 32 heavy (non-hydrogen) atoms. The quantitative estimate of drug-likeness (QED) is 0.398. The molecule has 0 bridgehead atoms. The standard InChI is InChI=1S/C28H44O4/c1-9-23-13-11-12-14-25(29)21(6)18-24(10-2)27(31-8)22(7)17-20(5)15-16-26(19(3)4)32-28(23)30/h11-13,15,17-19,24-27,29H,9-10,14,16H2,1-8H3/b12-11+,20-15+,21-18+,22-17+,23-13+/t24-,25-,26-,27-/m0/s1. The molecule has 0 saturated heterocycles. The van der Waals surface area contributed by atoms with Crippen LogP contribution < -0.4 is 0 Å². The van der Waals surface area contributed by atoms with Crippen molar-refractivity contribution in [3.05, 3.63) is 58.7 Å². The molecule has 0 spiro atoms. The number of ether oxygens (including phenoxy) is 2. The molecule has 4 heteroatoms. The van der Waals surface area contributed by atoms with E-state index >= 15 is 0 Å². The molecule has 0 amide bonds. The number of esters is 1. The lowest BCUT2D eigenvalue weighted by atomic mass is 9.89. The Morgan fingerprint density at radius 2 is 1.84 bits per heavy atom. The van der Waals surface area contributed by atoms with Crippen molar-refractivity contribution >= 4 is 5.97 Å². The molecule has 1 aliphatic rings. The van der Waals surface area contributed by atoms with Gasteiger partial charge < -0.3 is 14.6 Å². The van der Waals surface area contributed by atoms with Crippen LogP contribution in [0.15, 0.2) is 58.7 Å². The van der Waals surface area contributed by atoms with E-state index in [9.17, 15) is 9.90 Å². The molecule has 1 aliphatic heterocycles. The zero-order valence-electron chi connectivity index (χ0n) is 21.4. The van der Waals surface area contributed by atoms with Crippen LogP contribution in [0.25, 0.3) is 0 Å². The topological polar surface area (TPSA) is 55.8 Å². The number of carbonyl (C=O) groups is 1. The van der Waals surface area contributed by atoms with Gasteiger partial charge in [0.2, 0.25) is 0 Å². The predicted octanol–water partition coefficient (Wildman–Crippen LogP) is 6.48. The summed E-state index contributed by atoms with van der Waals surface area (Å²) in [7, 11) is 1.74. The number of carbonyl (C=O) groups excluding carboxylic acids is 1. The largest absolute Gasteiger partial charge is 0.458 e. The highest BCUT2D eigenvalue weighted by Crippen LogP contribution is 2.25. The Morgan fingerprint density at radius 1 is 1.16 bits per heavy atom. The predicted molar refractivity (Wildman–Crippen MR) is 133 cm³/mol. The van der Waals surface area contributed by atoms with Gasteiger partial charge in [0.25, 0.3) is 0 Å². The van der Waals surface area contributed by atoms with Crippen molar-refractivity contribution in [2.24, 2.45) is 11.8 Å². The lowest BCUT2D eigenvalue weighted by molar-refractivity contribution is -0.146. The fraction of sp³-hybridized carbons (Fsp3) is 0.607. The van der Waals surface area contributed by atoms with Crippen LogP contribution in [0.3, 0.4) is 0 Å². The van der Waals surface area contributed by atoms with Crippen molar-refractivity contribution in [3.63, 3.8) is 0 Å². The van der Waals surface area contributed by atoms with E-state index in [2.05, 4.69) is 52.8 Å². The van der Waals surface area contributed by atoms with Crippen LogP contribution in [0, 0.1) is 11.8 Å². The normalized spacial score (nSPS) is 34.5. The van der Waals surface area contributed by atoms with E-state index in [0.29, 0.717) is 24.8 Å². The zero-order valence-corrected chi connectivity index (χ0v) is 21.4. The summed E-state index contributed by atoms with van der Waals surface area (Å²) in [5, 5.41) is 10.6. The number of hydrogen-bond donors (Lipinski definition) is 1. The van der Waals surface area contributed by atoms with Gasteiger partial charge in [-0.3, -0.25) is 0 Å². The number of hydrogen-bond acceptors (Lipinski definition) is 4. The van der Waals surface area contributed by atoms with Crippen LogP contribution in [-0.4, -0.2) is 36.5 Å². The van der Waals surface area contributed by atoms with Crippen LogP contribution >= 0.6 is 0 Å². The Bertz CT molecular complexity index is 751. The van der Waals surface area contributed by atoms with Gasteiger partial charge in [0.05, 0.1) is 12.2 Å². The Labute approximate surface area is 195 Å². The molecule has 0 aliphatic carbocycles. The third-order valence-corrected chi connectivity index (χ3v) is 6.13. The third kappa shape index (κ3) is 8.91. The van der Waals surface area contributed by atoms with E-state index in [0.717, 1.165) is 23.1 Å². The first-order valence-corrected chi connectivity index (χ1v) is 11.9. The van der Waals surface area contributed by atoms with Gasteiger partial charge in [-0.1, -0.05) is 69.7 Å². The number of aliphatic hydroxyl groups is 1. The monoisotopic (exact) mass is 444 g/mol. The average Bonchev–Trinajstić information content (AvgIpc) is 2.74. The van der Waals surface area contributed by atoms with Crippen LogP contribution in [0.2, 0.25) is 0 Å². The fourth-order valence-corrected chi connectivity index (χ4v) is 3.95. The van der Waals surface area contributed by atoms with Crippen LogP contribution in [0.4, 0.5) is 0 Å². The number of rotatable bonds is 4. The summed E-state index contributed by atoms with van der Waals surface area (Å²) in [5.41, 5.74) is 3.84. The van der Waals surface area contributed by atoms with Gasteiger partial charge in [0.15, 0.2) is 0 Å². The van der Waals surface area contributed by atoms with E-state index in [1.54, 1.807) is 13.2 Å². The van der Waals surface area contributed by atoms with Crippen molar-refractivity contribution < 1.29 is 19.4 Å². The summed E-state index contributed by atoms with van der Waals surface area (Å²) >= 11 is 0. The molecule has 180 valence electrons. The molecular weight excluding hydrogens is 400 g/mol. The molecular formula is C28H44O4. The van der Waals surface area contributed by atoms with Gasteiger partial charge in [-0.25, -0.2) is 4.79 Å². The molecule has 1 rings (SSSR count). The van der Waals surface area contributed by atoms with E-state index in [4.69, 9.17) is 9.47 Å². The lowest BCUT2D eigenvalue weighted by Crippen LogP contribution is -2.24. The van der Waals surface area contributed by atoms with E-state index in [-0.39, 0.29) is 30.0 Å². The van der Waals surface area contributed by atoms with E-state index in [1.807, 2.05) is 26.0 Å². The molecule has 1 N–H and O–H groups in total. The molecule has 0 aromatic rings. The Morgan fingerprint density at radius 3 is 2.41 bits per heavy atom. The molecule has 4 nitrogen and oxygen atoms in total. The maximum atomic E-state index is 12.7. The van der Waals surface area contributed by atoms with Crippen LogP contribution in [0.5, 0.6) is 0 Å². The number of cyclic esters (lactones) is 1. The first-order chi connectivity index (χ1) is 15.1. The minimum atomic E-state index is -0.571. The van der Waals surface area contributed by atoms with Crippen molar-refractivity contribution in [2.45, 2.75) is 92.5 Å². The summed E-state index contributed by atoms with van der Waals surface area (Å²) in [6, 6.07) is 0. The maximum absolute atomic E-state index is 12.7. The Balaban J connectivity index is 3.41. The van der Waals surface area contributed by atoms with Gasteiger partial charge in [0, 0.05) is 25.0 Å². The van der Waals surface area contributed by atoms with Gasteiger partial charge in [-0.15, -0.1) is 0 Å². The maximum Gasteiger partial charge on any atom is 0.334 e. The van der Waals surface area contributed by atoms with E-state index < -0.39 is 6.10 Å². The summed E-state index contributed by atoms with van der Waals surface area (Å²) in [5.74, 6) is 0.126. The second kappa shape index (κ2) is 14.3. The van der Waals surface area contributed by atoms with Gasteiger partial charge >= 0.3 is 5.97 Å². The smallest absolute Gasteiger partial charge is 0.334 e. The number of aliphatic hydroxyl groups excluding tert-OH is 1. The lowest BCUT2D eigenvalue weighted by Gasteiger charge is -2.25. The minimum absolute atomic E-state index is 0.0614. The van der Waals surface area contributed by atoms with Crippen molar-refractivity contribution in [1.29, 1.82) is 0 Å². The van der Waals surface area contributed by atoms with Crippen molar-refractivity contribution in [2.75, 3.05) is 7.11 Å². The molecule has 0 saturated carbocycles. The van der Waals surface area contributed by atoms with Gasteiger partial charge in [0.1, 0.15) is 6.10 Å². The highest BCUT2D eigenvalue weighted by atomic mass is 16.5. The van der Waals surface area contributed by atoms with Gasteiger partial charge in [-0.05, 0) is 57.1 Å². The number of allylic oxidation sites excluding steroid dienone is 4. The van der Waals surface area contributed by atoms with E-state index in [1.165, 1.54) is 0 Å². The zero-order chi connectivity index (χ0) is 24.3. The molecule has 0 unspecified atom stereocenters. The molecule has 0 fully saturated rings. The summed E-state index contributed by atoms with van der Waals surface area (Å²) in [6.07, 6.45) is 13.8. The molecule has 0 aromatic carbocycles. The summed E-state index contributed by atoms with van der Waals surface area (Å²) in [6.45, 7) is 14.4. The Hall–Kier alpha value is -1.91. The summed E-state index contributed by atoms with van der Waals surface area (Å²) < 4.78 is 11.7. The Kier molecular flexibility index (Phi) is 12.6.